The van der Waals surface area contributed by atoms with Gasteiger partial charge in [-0.2, -0.15) is 5.26 Å². The second-order valence-corrected chi connectivity index (χ2v) is 8.66. The molecule has 0 bridgehead atoms. The molecule has 2 aliphatic rings. The van der Waals surface area contributed by atoms with Gasteiger partial charge in [-0.1, -0.05) is 18.2 Å². The lowest BCUT2D eigenvalue weighted by molar-refractivity contribution is -0.118. The molecule has 0 radical (unpaired) electrons. The Hall–Kier alpha value is -2.79. The smallest absolute Gasteiger partial charge is 0.241 e. The van der Waals surface area contributed by atoms with Crippen molar-refractivity contribution in [3.05, 3.63) is 65.0 Å². The molecular weight excluding hydrogens is 395 g/mol. The molecule has 1 saturated heterocycles. The highest BCUT2D eigenvalue weighted by Crippen LogP contribution is 2.46. The van der Waals surface area contributed by atoms with Crippen LogP contribution < -0.4 is 16.4 Å². The normalized spacial score (nSPS) is 22.5. The molecule has 2 aromatic carbocycles. The quantitative estimate of drug-likeness (QED) is 0.548. The first kappa shape index (κ1) is 21.4. The van der Waals surface area contributed by atoms with E-state index in [0.29, 0.717) is 37.3 Å². The van der Waals surface area contributed by atoms with Crippen LogP contribution in [0.25, 0.3) is 0 Å². The Labute approximate surface area is 181 Å². The Kier molecular flexibility index (Phi) is 6.05. The van der Waals surface area contributed by atoms with Crippen LogP contribution in [0.15, 0.2) is 42.5 Å². The molecule has 4 rings (SSSR count). The maximum Gasteiger partial charge on any atom is 0.241 e. The van der Waals surface area contributed by atoms with Crippen LogP contribution in [0.1, 0.15) is 42.4 Å². The van der Waals surface area contributed by atoms with Crippen LogP contribution in [-0.4, -0.2) is 29.7 Å². The number of halogens is 1. The molecule has 1 heterocycles. The summed E-state index contributed by atoms with van der Waals surface area (Å²) in [4.78, 5) is 12.4. The van der Waals surface area contributed by atoms with E-state index in [1.165, 1.54) is 6.07 Å². The fourth-order valence-electron chi connectivity index (χ4n) is 4.37. The maximum atomic E-state index is 14.3. The lowest BCUT2D eigenvalue weighted by Gasteiger charge is -2.31. The third-order valence-electron chi connectivity index (χ3n) is 6.38. The number of benzene rings is 2. The molecule has 5 N–H and O–H groups in total. The van der Waals surface area contributed by atoms with E-state index in [1.54, 1.807) is 18.2 Å². The number of carbonyl (C=O) groups is 1. The topological polar surface area (TPSA) is 111 Å². The summed E-state index contributed by atoms with van der Waals surface area (Å²) in [6.07, 6.45) is 3.13. The Bertz CT molecular complexity index is 1020. The molecule has 1 saturated carbocycles. The van der Waals surface area contributed by atoms with Gasteiger partial charge in [0, 0.05) is 12.1 Å². The lowest BCUT2D eigenvalue weighted by atomic mass is 9.80. The summed E-state index contributed by atoms with van der Waals surface area (Å²) in [5, 5.41) is 24.4. The second kappa shape index (κ2) is 8.75. The number of amides is 1. The molecular formula is C24H27FN4O2. The minimum absolute atomic E-state index is 0.131. The summed E-state index contributed by atoms with van der Waals surface area (Å²) in [7, 11) is 0. The van der Waals surface area contributed by atoms with E-state index in [0.717, 1.165) is 24.0 Å². The summed E-state index contributed by atoms with van der Waals surface area (Å²) < 4.78 is 14.3. The van der Waals surface area contributed by atoms with Gasteiger partial charge < -0.3 is 21.5 Å². The number of rotatable bonds is 7. The van der Waals surface area contributed by atoms with Gasteiger partial charge in [-0.3, -0.25) is 4.79 Å². The van der Waals surface area contributed by atoms with Gasteiger partial charge in [-0.05, 0) is 73.4 Å². The van der Waals surface area contributed by atoms with Crippen LogP contribution in [0, 0.1) is 23.1 Å². The first-order valence-electron chi connectivity index (χ1n) is 10.7. The van der Waals surface area contributed by atoms with Gasteiger partial charge in [0.05, 0.1) is 29.5 Å². The fraction of sp³-hybridized carbons (Fsp3) is 0.417. The summed E-state index contributed by atoms with van der Waals surface area (Å²) in [5.74, 6) is -0.494. The van der Waals surface area contributed by atoms with Crippen molar-refractivity contribution in [2.75, 3.05) is 11.9 Å². The Balaban J connectivity index is 1.48. The highest BCUT2D eigenvalue weighted by Gasteiger charge is 2.43. The van der Waals surface area contributed by atoms with Crippen LogP contribution in [0.5, 0.6) is 0 Å². The minimum atomic E-state index is -0.563. The average molecular weight is 423 g/mol. The molecule has 31 heavy (non-hydrogen) atoms. The van der Waals surface area contributed by atoms with Gasteiger partial charge >= 0.3 is 0 Å². The number of aryl methyl sites for hydroxylation is 1. The summed E-state index contributed by atoms with van der Waals surface area (Å²) >= 11 is 0. The van der Waals surface area contributed by atoms with Crippen molar-refractivity contribution >= 4 is 11.6 Å². The van der Waals surface area contributed by atoms with Crippen LogP contribution in [0.4, 0.5) is 10.1 Å². The molecule has 7 heteroatoms. The van der Waals surface area contributed by atoms with Crippen molar-refractivity contribution in [2.45, 2.75) is 49.8 Å². The summed E-state index contributed by atoms with van der Waals surface area (Å²) in [6, 6.07) is 13.8. The molecule has 3 atom stereocenters. The Morgan fingerprint density at radius 3 is 2.81 bits per heavy atom. The van der Waals surface area contributed by atoms with Crippen molar-refractivity contribution in [3.63, 3.8) is 0 Å². The highest BCUT2D eigenvalue weighted by atomic mass is 19.1. The monoisotopic (exact) mass is 422 g/mol. The van der Waals surface area contributed by atoms with Gasteiger partial charge in [-0.15, -0.1) is 0 Å². The Morgan fingerprint density at radius 1 is 1.32 bits per heavy atom. The van der Waals surface area contributed by atoms with E-state index >= 15 is 0 Å². The zero-order valence-corrected chi connectivity index (χ0v) is 17.3. The number of aliphatic hydroxyl groups is 1. The van der Waals surface area contributed by atoms with Gasteiger partial charge in [0.2, 0.25) is 5.91 Å². The van der Waals surface area contributed by atoms with Crippen molar-refractivity contribution in [3.8, 4) is 6.07 Å². The minimum Gasteiger partial charge on any atom is -0.392 e. The number of β-amino-alcohol motifs (C(OH)–C–C–N with tert-alkyl or cyclic N) is 1. The molecule has 0 spiro atoms. The number of carbonyl (C=O) groups excluding carboxylic acids is 1. The van der Waals surface area contributed by atoms with E-state index < -0.39 is 23.5 Å². The summed E-state index contributed by atoms with van der Waals surface area (Å²) in [5.41, 5.74) is 8.86. The number of nitrogens with one attached hydrogen (secondary N) is 2. The molecule has 1 aliphatic carbocycles. The molecule has 2 aromatic rings. The average Bonchev–Trinajstić information content (AvgIpc) is 3.55. The summed E-state index contributed by atoms with van der Waals surface area (Å²) in [6.45, 7) is 0.355. The second-order valence-electron chi connectivity index (χ2n) is 8.66. The fourth-order valence-corrected chi connectivity index (χ4v) is 4.37. The van der Waals surface area contributed by atoms with Gasteiger partial charge in [0.25, 0.3) is 0 Å². The third kappa shape index (κ3) is 4.77. The Morgan fingerprint density at radius 2 is 2.13 bits per heavy atom. The molecule has 1 amide bonds. The number of nitrogens with zero attached hydrogens (tertiary/aromatic N) is 1. The first-order chi connectivity index (χ1) is 14.9. The highest BCUT2D eigenvalue weighted by molar-refractivity contribution is 5.95. The molecule has 0 unspecified atom stereocenters. The number of hydrogen-bond acceptors (Lipinski definition) is 5. The zero-order valence-electron chi connectivity index (χ0n) is 17.3. The number of hydrogen-bond donors (Lipinski definition) is 4. The van der Waals surface area contributed by atoms with E-state index in [1.807, 2.05) is 18.2 Å². The predicted octanol–water partition coefficient (Wildman–Crippen LogP) is 2.56. The molecule has 1 aliphatic heterocycles. The number of aliphatic hydroxyl groups excluding tert-OH is 1. The predicted molar refractivity (Wildman–Crippen MR) is 116 cm³/mol. The van der Waals surface area contributed by atoms with E-state index in [9.17, 15) is 19.6 Å². The number of nitrogens with two attached hydrogens (primary N) is 1. The van der Waals surface area contributed by atoms with Gasteiger partial charge in [-0.25, -0.2) is 4.39 Å². The number of anilines is 1. The number of nitriles is 1. The van der Waals surface area contributed by atoms with Crippen LogP contribution >= 0.6 is 0 Å². The lowest BCUT2D eigenvalue weighted by Crippen LogP contribution is -2.39. The SMILES string of the molecule is N#Cc1cccc([C@](N)(CCc2ccc(F)c(NC(=O)[C@H]3C[C@@H](O)CN3)c2)C2CC2)c1. The molecule has 6 nitrogen and oxygen atoms in total. The van der Waals surface area contributed by atoms with Crippen LogP contribution in [-0.2, 0) is 16.8 Å². The van der Waals surface area contributed by atoms with E-state index in [2.05, 4.69) is 16.7 Å². The van der Waals surface area contributed by atoms with Crippen LogP contribution in [0.2, 0.25) is 0 Å². The molecule has 2 fully saturated rings. The molecule has 0 aromatic heterocycles. The third-order valence-corrected chi connectivity index (χ3v) is 6.38. The van der Waals surface area contributed by atoms with Crippen molar-refractivity contribution in [2.24, 2.45) is 11.7 Å². The van der Waals surface area contributed by atoms with Crippen LogP contribution in [0.3, 0.4) is 0 Å². The largest absolute Gasteiger partial charge is 0.392 e. The van der Waals surface area contributed by atoms with Gasteiger partial charge in [0.1, 0.15) is 5.82 Å². The first-order valence-corrected chi connectivity index (χ1v) is 10.7. The maximum absolute atomic E-state index is 14.3. The zero-order chi connectivity index (χ0) is 22.0. The van der Waals surface area contributed by atoms with Crippen molar-refractivity contribution < 1.29 is 14.3 Å². The standard InChI is InChI=1S/C24H27FN4O2/c25-20-7-4-15(11-21(20)29-23(31)22-12-19(30)14-28-22)8-9-24(27,17-5-6-17)18-3-1-2-16(10-18)13-26/h1-4,7,10-11,17,19,22,28,30H,5-6,8-9,12,14,27H2,(H,29,31)/t19-,22-,24+/m1/s1. The van der Waals surface area contributed by atoms with Crippen molar-refractivity contribution in [1.29, 1.82) is 5.26 Å². The van der Waals surface area contributed by atoms with Crippen molar-refractivity contribution in [1.82, 2.24) is 5.32 Å². The van der Waals surface area contributed by atoms with E-state index in [-0.39, 0.29) is 11.6 Å². The molecule has 162 valence electrons. The van der Waals surface area contributed by atoms with Gasteiger partial charge in [0.15, 0.2) is 0 Å². The van der Waals surface area contributed by atoms with E-state index in [4.69, 9.17) is 5.73 Å².